The van der Waals surface area contributed by atoms with Crippen LogP contribution in [0.25, 0.3) is 5.65 Å². The Hall–Kier alpha value is -2.60. The van der Waals surface area contributed by atoms with E-state index in [1.807, 2.05) is 0 Å². The Balaban J connectivity index is 1.90. The number of aromatic nitrogens is 3. The maximum atomic E-state index is 10.9. The lowest BCUT2D eigenvalue weighted by Gasteiger charge is -2.07. The largest absolute Gasteiger partial charge is 0.478 e. The molecule has 2 N–H and O–H groups in total. The number of halogens is 1. The molecule has 0 aliphatic carbocycles. The third-order valence-electron chi connectivity index (χ3n) is 2.73. The minimum absolute atomic E-state index is 0.0661. The fourth-order valence-corrected chi connectivity index (χ4v) is 2.06. The average molecular weight is 289 g/mol. The molecule has 0 atom stereocenters. The number of carboxylic acid groups (broad SMARTS) is 1. The van der Waals surface area contributed by atoms with Crippen LogP contribution in [0.5, 0.6) is 0 Å². The summed E-state index contributed by atoms with van der Waals surface area (Å²) >= 11 is 5.91. The molecule has 0 spiro atoms. The molecule has 0 aliphatic heterocycles. The van der Waals surface area contributed by atoms with E-state index in [0.717, 1.165) is 0 Å². The number of fused-ring (bicyclic) bond motifs is 1. The maximum absolute atomic E-state index is 10.9. The maximum Gasteiger partial charge on any atom is 0.337 e. The molecule has 0 radical (unpaired) electrons. The van der Waals surface area contributed by atoms with E-state index < -0.39 is 5.97 Å². The molecule has 0 bridgehead atoms. The van der Waals surface area contributed by atoms with Crippen molar-refractivity contribution in [2.24, 2.45) is 0 Å². The quantitative estimate of drug-likeness (QED) is 0.775. The molecule has 2 aromatic heterocycles. The highest BCUT2D eigenvalue weighted by Crippen LogP contribution is 2.23. The highest BCUT2D eigenvalue weighted by Gasteiger charge is 2.09. The zero-order chi connectivity index (χ0) is 14.1. The lowest BCUT2D eigenvalue weighted by molar-refractivity contribution is 0.0697. The second-order valence-electron chi connectivity index (χ2n) is 4.07. The van der Waals surface area contributed by atoms with Gasteiger partial charge in [0.25, 0.3) is 0 Å². The van der Waals surface area contributed by atoms with E-state index in [9.17, 15) is 4.79 Å². The molecule has 0 unspecified atom stereocenters. The van der Waals surface area contributed by atoms with Gasteiger partial charge in [-0.3, -0.25) is 0 Å². The Labute approximate surface area is 118 Å². The lowest BCUT2D eigenvalue weighted by atomic mass is 10.2. The smallest absolute Gasteiger partial charge is 0.337 e. The molecular formula is C13H9ClN4O2. The lowest BCUT2D eigenvalue weighted by Crippen LogP contribution is -2.00. The third-order valence-corrected chi connectivity index (χ3v) is 3.04. The van der Waals surface area contributed by atoms with Crippen LogP contribution < -0.4 is 5.32 Å². The number of hydrogen-bond donors (Lipinski definition) is 2. The number of anilines is 2. The summed E-state index contributed by atoms with van der Waals surface area (Å²) in [4.78, 5) is 15.2. The predicted octanol–water partition coefficient (Wildman–Crippen LogP) is 2.82. The summed E-state index contributed by atoms with van der Waals surface area (Å²) in [6, 6.07) is 8.18. The van der Waals surface area contributed by atoms with E-state index in [0.29, 0.717) is 17.2 Å². The zero-order valence-electron chi connectivity index (χ0n) is 10.1. The van der Waals surface area contributed by atoms with Gasteiger partial charge in [0.1, 0.15) is 5.82 Å². The van der Waals surface area contributed by atoms with E-state index in [4.69, 9.17) is 16.7 Å². The van der Waals surface area contributed by atoms with Crippen LogP contribution in [0.2, 0.25) is 5.02 Å². The fourth-order valence-electron chi connectivity index (χ4n) is 1.80. The number of benzene rings is 1. The molecule has 6 nitrogen and oxygen atoms in total. The van der Waals surface area contributed by atoms with Crippen LogP contribution in [0.4, 0.5) is 11.5 Å². The first-order chi connectivity index (χ1) is 9.63. The zero-order valence-corrected chi connectivity index (χ0v) is 10.9. The minimum Gasteiger partial charge on any atom is -0.478 e. The van der Waals surface area contributed by atoms with Crippen molar-refractivity contribution < 1.29 is 9.90 Å². The summed E-state index contributed by atoms with van der Waals surface area (Å²) in [7, 11) is 0. The summed E-state index contributed by atoms with van der Waals surface area (Å²) in [5.41, 5.74) is 1.44. The van der Waals surface area contributed by atoms with Crippen LogP contribution in [-0.2, 0) is 0 Å². The van der Waals surface area contributed by atoms with Gasteiger partial charge in [0.05, 0.1) is 16.8 Å². The fraction of sp³-hybridized carbons (Fsp3) is 0. The first-order valence-electron chi connectivity index (χ1n) is 5.74. The average Bonchev–Trinajstić information content (AvgIpc) is 2.85. The van der Waals surface area contributed by atoms with Crippen molar-refractivity contribution in [3.05, 3.63) is 53.3 Å². The molecule has 2 heterocycles. The van der Waals surface area contributed by atoms with Gasteiger partial charge in [-0.05, 0) is 24.3 Å². The van der Waals surface area contributed by atoms with Gasteiger partial charge in [0.15, 0.2) is 5.65 Å². The SMILES string of the molecule is O=C(O)c1ccc(Nc2ccn3nccc3n2)cc1Cl. The van der Waals surface area contributed by atoms with Gasteiger partial charge >= 0.3 is 5.97 Å². The normalized spacial score (nSPS) is 10.7. The van der Waals surface area contributed by atoms with E-state index >= 15 is 0 Å². The highest BCUT2D eigenvalue weighted by atomic mass is 35.5. The van der Waals surface area contributed by atoms with Crippen LogP contribution in [0.1, 0.15) is 10.4 Å². The van der Waals surface area contributed by atoms with E-state index in [1.165, 1.54) is 6.07 Å². The van der Waals surface area contributed by atoms with Crippen LogP contribution >= 0.6 is 11.6 Å². The summed E-state index contributed by atoms with van der Waals surface area (Å²) in [6.07, 6.45) is 3.43. The molecule has 3 rings (SSSR count). The predicted molar refractivity (Wildman–Crippen MR) is 74.7 cm³/mol. The molecule has 3 aromatic rings. The number of nitrogens with one attached hydrogen (secondary N) is 1. The second kappa shape index (κ2) is 4.82. The molecule has 0 aliphatic rings. The summed E-state index contributed by atoms with van der Waals surface area (Å²) < 4.78 is 1.64. The van der Waals surface area contributed by atoms with Crippen LogP contribution in [0.3, 0.4) is 0 Å². The first kappa shape index (κ1) is 12.4. The van der Waals surface area contributed by atoms with Crippen molar-refractivity contribution in [2.45, 2.75) is 0 Å². The van der Waals surface area contributed by atoms with Gasteiger partial charge in [0.2, 0.25) is 0 Å². The molecular weight excluding hydrogens is 280 g/mol. The van der Waals surface area contributed by atoms with Gasteiger partial charge in [-0.1, -0.05) is 11.6 Å². The molecule has 0 saturated heterocycles. The highest BCUT2D eigenvalue weighted by molar-refractivity contribution is 6.33. The molecule has 0 saturated carbocycles. The van der Waals surface area contributed by atoms with Crippen molar-refractivity contribution >= 4 is 34.7 Å². The van der Waals surface area contributed by atoms with Crippen molar-refractivity contribution in [1.82, 2.24) is 14.6 Å². The third kappa shape index (κ3) is 2.28. The number of aromatic carboxylic acids is 1. The molecule has 20 heavy (non-hydrogen) atoms. The standard InChI is InChI=1S/C13H9ClN4O2/c14-10-7-8(1-2-9(10)13(19)20)16-11-4-6-18-12(17-11)3-5-15-18/h1-7H,(H,16,17)(H,19,20). The van der Waals surface area contributed by atoms with Gasteiger partial charge < -0.3 is 10.4 Å². The van der Waals surface area contributed by atoms with Gasteiger partial charge in [0, 0.05) is 18.0 Å². The number of carbonyl (C=O) groups is 1. The van der Waals surface area contributed by atoms with Crippen LogP contribution in [0.15, 0.2) is 42.7 Å². The van der Waals surface area contributed by atoms with E-state index in [2.05, 4.69) is 15.4 Å². The van der Waals surface area contributed by atoms with Crippen molar-refractivity contribution in [3.63, 3.8) is 0 Å². The number of nitrogens with zero attached hydrogens (tertiary/aromatic N) is 3. The Morgan fingerprint density at radius 3 is 2.90 bits per heavy atom. The minimum atomic E-state index is -1.06. The van der Waals surface area contributed by atoms with E-state index in [1.54, 1.807) is 41.2 Å². The second-order valence-corrected chi connectivity index (χ2v) is 4.48. The van der Waals surface area contributed by atoms with E-state index in [-0.39, 0.29) is 10.6 Å². The molecule has 7 heteroatoms. The Morgan fingerprint density at radius 2 is 2.15 bits per heavy atom. The summed E-state index contributed by atoms with van der Waals surface area (Å²) in [5.74, 6) is -0.433. The Kier molecular flexibility index (Phi) is 3.00. The van der Waals surface area contributed by atoms with Gasteiger partial charge in [-0.2, -0.15) is 5.10 Å². The van der Waals surface area contributed by atoms with Crippen molar-refractivity contribution in [1.29, 1.82) is 0 Å². The van der Waals surface area contributed by atoms with Crippen molar-refractivity contribution in [2.75, 3.05) is 5.32 Å². The molecule has 0 amide bonds. The Bertz CT molecular complexity index is 800. The summed E-state index contributed by atoms with van der Waals surface area (Å²) in [6.45, 7) is 0. The number of rotatable bonds is 3. The Morgan fingerprint density at radius 1 is 1.30 bits per heavy atom. The number of hydrogen-bond acceptors (Lipinski definition) is 4. The van der Waals surface area contributed by atoms with Crippen LogP contribution in [0, 0.1) is 0 Å². The van der Waals surface area contributed by atoms with Crippen LogP contribution in [-0.4, -0.2) is 25.7 Å². The first-order valence-corrected chi connectivity index (χ1v) is 6.11. The monoisotopic (exact) mass is 288 g/mol. The number of carboxylic acids is 1. The molecule has 1 aromatic carbocycles. The molecule has 100 valence electrons. The van der Waals surface area contributed by atoms with Crippen molar-refractivity contribution in [3.8, 4) is 0 Å². The van der Waals surface area contributed by atoms with Gasteiger partial charge in [-0.25, -0.2) is 14.3 Å². The van der Waals surface area contributed by atoms with Gasteiger partial charge in [-0.15, -0.1) is 0 Å². The summed E-state index contributed by atoms with van der Waals surface area (Å²) in [5, 5.41) is 16.2. The molecule has 0 fully saturated rings. The topological polar surface area (TPSA) is 79.5 Å².